The Morgan fingerprint density at radius 1 is 1.24 bits per heavy atom. The normalized spacial score (nSPS) is 23.8. The number of hydrogen-bond acceptors (Lipinski definition) is 1. The number of guanidine groups is 1. The minimum Gasteiger partial charge on any atom is -0.357 e. The van der Waals surface area contributed by atoms with Crippen LogP contribution in [0.5, 0.6) is 0 Å². The Morgan fingerprint density at radius 2 is 1.94 bits per heavy atom. The fourth-order valence-electron chi connectivity index (χ4n) is 2.74. The first-order valence-electron chi connectivity index (χ1n) is 7.33. The molecule has 17 heavy (non-hydrogen) atoms. The zero-order valence-corrected chi connectivity index (χ0v) is 11.4. The molecule has 0 unspecified atom stereocenters. The molecule has 0 atom stereocenters. The van der Waals surface area contributed by atoms with Gasteiger partial charge in [-0.25, -0.2) is 0 Å². The average Bonchev–Trinajstić information content (AvgIpc) is 3.03. The molecule has 0 saturated heterocycles. The van der Waals surface area contributed by atoms with Gasteiger partial charge in [0.05, 0.1) is 0 Å². The first kappa shape index (κ1) is 12.7. The topological polar surface area (TPSA) is 36.4 Å². The van der Waals surface area contributed by atoms with E-state index in [4.69, 9.17) is 4.99 Å². The van der Waals surface area contributed by atoms with Gasteiger partial charge in [0, 0.05) is 19.1 Å². The Balaban J connectivity index is 1.89. The van der Waals surface area contributed by atoms with Crippen molar-refractivity contribution in [2.24, 2.45) is 10.4 Å². The summed E-state index contributed by atoms with van der Waals surface area (Å²) in [6.45, 7) is 6.42. The highest BCUT2D eigenvalue weighted by Crippen LogP contribution is 2.41. The van der Waals surface area contributed by atoms with Crippen molar-refractivity contribution in [3.63, 3.8) is 0 Å². The minimum atomic E-state index is 0.506. The maximum Gasteiger partial charge on any atom is 0.191 e. The molecule has 2 aliphatic rings. The van der Waals surface area contributed by atoms with Crippen molar-refractivity contribution in [2.45, 2.75) is 64.8 Å². The van der Waals surface area contributed by atoms with E-state index in [1.807, 2.05) is 0 Å². The van der Waals surface area contributed by atoms with Crippen molar-refractivity contribution in [1.82, 2.24) is 10.6 Å². The molecule has 2 aliphatic carbocycles. The van der Waals surface area contributed by atoms with Gasteiger partial charge >= 0.3 is 0 Å². The second kappa shape index (κ2) is 5.74. The standard InChI is InChI=1S/C14H27N3/c1-3-14(9-5-6-10-14)11-16-13(15-4-2)17-12-7-8-12/h12H,3-11H2,1-2H3,(H2,15,16,17). The summed E-state index contributed by atoms with van der Waals surface area (Å²) in [6.07, 6.45) is 9.43. The lowest BCUT2D eigenvalue weighted by Gasteiger charge is -2.25. The molecular formula is C14H27N3. The lowest BCUT2D eigenvalue weighted by Crippen LogP contribution is -2.39. The van der Waals surface area contributed by atoms with Crippen LogP contribution in [0.25, 0.3) is 0 Å². The van der Waals surface area contributed by atoms with E-state index in [0.717, 1.165) is 19.0 Å². The summed E-state index contributed by atoms with van der Waals surface area (Å²) in [5.74, 6) is 1.04. The van der Waals surface area contributed by atoms with Gasteiger partial charge in [0.1, 0.15) is 0 Å². The van der Waals surface area contributed by atoms with Gasteiger partial charge in [-0.2, -0.15) is 0 Å². The van der Waals surface area contributed by atoms with E-state index < -0.39 is 0 Å². The fraction of sp³-hybridized carbons (Fsp3) is 0.929. The predicted molar refractivity (Wildman–Crippen MR) is 73.3 cm³/mol. The molecule has 98 valence electrons. The minimum absolute atomic E-state index is 0.506. The van der Waals surface area contributed by atoms with Crippen molar-refractivity contribution >= 4 is 5.96 Å². The molecule has 0 bridgehead atoms. The van der Waals surface area contributed by atoms with E-state index >= 15 is 0 Å². The van der Waals surface area contributed by atoms with Crippen molar-refractivity contribution < 1.29 is 0 Å². The molecule has 0 spiro atoms. The number of nitrogens with zero attached hydrogens (tertiary/aromatic N) is 1. The summed E-state index contributed by atoms with van der Waals surface area (Å²) in [5, 5.41) is 6.85. The van der Waals surface area contributed by atoms with Crippen LogP contribution in [0.3, 0.4) is 0 Å². The molecule has 2 fully saturated rings. The third kappa shape index (κ3) is 3.62. The number of hydrogen-bond donors (Lipinski definition) is 2. The summed E-state index contributed by atoms with van der Waals surface area (Å²) < 4.78 is 0. The molecule has 0 aliphatic heterocycles. The van der Waals surface area contributed by atoms with Crippen LogP contribution in [-0.4, -0.2) is 25.1 Å². The van der Waals surface area contributed by atoms with Gasteiger partial charge < -0.3 is 10.6 Å². The molecule has 0 amide bonds. The van der Waals surface area contributed by atoms with Gasteiger partial charge in [-0.05, 0) is 44.4 Å². The second-order valence-corrected chi connectivity index (χ2v) is 5.67. The zero-order chi connectivity index (χ0) is 12.1. The molecule has 0 heterocycles. The Morgan fingerprint density at radius 3 is 2.47 bits per heavy atom. The van der Waals surface area contributed by atoms with Gasteiger partial charge in [-0.1, -0.05) is 19.8 Å². The number of rotatable bonds is 5. The predicted octanol–water partition coefficient (Wildman–Crippen LogP) is 2.67. The third-order valence-corrected chi connectivity index (χ3v) is 4.25. The molecule has 2 saturated carbocycles. The van der Waals surface area contributed by atoms with Gasteiger partial charge in [0.2, 0.25) is 0 Å². The Kier molecular flexibility index (Phi) is 4.30. The van der Waals surface area contributed by atoms with Crippen molar-refractivity contribution in [3.05, 3.63) is 0 Å². The van der Waals surface area contributed by atoms with Crippen LogP contribution in [0, 0.1) is 5.41 Å². The summed E-state index contributed by atoms with van der Waals surface area (Å²) in [7, 11) is 0. The lowest BCUT2D eigenvalue weighted by atomic mass is 9.84. The van der Waals surface area contributed by atoms with E-state index in [9.17, 15) is 0 Å². The Hall–Kier alpha value is -0.730. The smallest absolute Gasteiger partial charge is 0.191 e. The van der Waals surface area contributed by atoms with Gasteiger partial charge in [-0.3, -0.25) is 4.99 Å². The van der Waals surface area contributed by atoms with E-state index in [1.165, 1.54) is 44.9 Å². The van der Waals surface area contributed by atoms with Crippen molar-refractivity contribution in [2.75, 3.05) is 13.1 Å². The highest BCUT2D eigenvalue weighted by molar-refractivity contribution is 5.80. The van der Waals surface area contributed by atoms with Crippen LogP contribution in [0.1, 0.15) is 58.8 Å². The van der Waals surface area contributed by atoms with Crippen LogP contribution in [-0.2, 0) is 0 Å². The number of nitrogens with one attached hydrogen (secondary N) is 2. The molecule has 0 aromatic heterocycles. The van der Waals surface area contributed by atoms with E-state index in [0.29, 0.717) is 11.5 Å². The summed E-state index contributed by atoms with van der Waals surface area (Å²) in [6, 6.07) is 0.689. The maximum atomic E-state index is 4.81. The van der Waals surface area contributed by atoms with Gasteiger partial charge in [0.15, 0.2) is 5.96 Å². The van der Waals surface area contributed by atoms with Crippen molar-refractivity contribution in [3.8, 4) is 0 Å². The molecule has 0 aromatic carbocycles. The van der Waals surface area contributed by atoms with E-state index in [1.54, 1.807) is 0 Å². The van der Waals surface area contributed by atoms with E-state index in [2.05, 4.69) is 24.5 Å². The molecule has 3 heteroatoms. The van der Waals surface area contributed by atoms with Crippen LogP contribution in [0.4, 0.5) is 0 Å². The first-order valence-corrected chi connectivity index (χ1v) is 7.33. The first-order chi connectivity index (χ1) is 8.28. The quantitative estimate of drug-likeness (QED) is 0.570. The molecule has 0 aromatic rings. The van der Waals surface area contributed by atoms with Crippen LogP contribution < -0.4 is 10.6 Å². The summed E-state index contributed by atoms with van der Waals surface area (Å²) >= 11 is 0. The number of aliphatic imine (C=N–C) groups is 1. The SMILES string of the molecule is CCNC(=NCC1(CC)CCCC1)NC1CC1. The Labute approximate surface area is 105 Å². The lowest BCUT2D eigenvalue weighted by molar-refractivity contribution is 0.297. The molecule has 3 nitrogen and oxygen atoms in total. The van der Waals surface area contributed by atoms with Crippen LogP contribution in [0.15, 0.2) is 4.99 Å². The molecular weight excluding hydrogens is 210 g/mol. The fourth-order valence-corrected chi connectivity index (χ4v) is 2.74. The van der Waals surface area contributed by atoms with Crippen molar-refractivity contribution in [1.29, 1.82) is 0 Å². The van der Waals surface area contributed by atoms with Gasteiger partial charge in [-0.15, -0.1) is 0 Å². The highest BCUT2D eigenvalue weighted by Gasteiger charge is 2.32. The van der Waals surface area contributed by atoms with Crippen LogP contribution in [0.2, 0.25) is 0 Å². The molecule has 0 radical (unpaired) electrons. The van der Waals surface area contributed by atoms with E-state index in [-0.39, 0.29) is 0 Å². The molecule has 2 rings (SSSR count). The average molecular weight is 237 g/mol. The summed E-state index contributed by atoms with van der Waals surface area (Å²) in [5.41, 5.74) is 0.506. The largest absolute Gasteiger partial charge is 0.357 e. The highest BCUT2D eigenvalue weighted by atomic mass is 15.2. The molecule has 2 N–H and O–H groups in total. The monoisotopic (exact) mass is 237 g/mol. The zero-order valence-electron chi connectivity index (χ0n) is 11.4. The van der Waals surface area contributed by atoms with Crippen LogP contribution >= 0.6 is 0 Å². The summed E-state index contributed by atoms with van der Waals surface area (Å²) in [4.78, 5) is 4.81. The second-order valence-electron chi connectivity index (χ2n) is 5.67. The van der Waals surface area contributed by atoms with Gasteiger partial charge in [0.25, 0.3) is 0 Å². The maximum absolute atomic E-state index is 4.81. The third-order valence-electron chi connectivity index (χ3n) is 4.25. The Bertz CT molecular complexity index is 263.